The van der Waals surface area contributed by atoms with Gasteiger partial charge in [0.1, 0.15) is 0 Å². The summed E-state index contributed by atoms with van der Waals surface area (Å²) in [5, 5.41) is 15.4. The largest absolute Gasteiger partial charge is 0.282 e. The lowest BCUT2D eigenvalue weighted by atomic mass is 10.1. The summed E-state index contributed by atoms with van der Waals surface area (Å²) in [7, 11) is 0. The number of nitrogens with one attached hydrogen (secondary N) is 1. The third-order valence-electron chi connectivity index (χ3n) is 2.24. The normalized spacial score (nSPS) is 15.9. The van der Waals surface area contributed by atoms with Crippen LogP contribution >= 0.6 is 0 Å². The minimum absolute atomic E-state index is 0.596. The Labute approximate surface area is 71.4 Å². The number of aryl methyl sites for hydroxylation is 1. The highest BCUT2D eigenvalue weighted by atomic mass is 15.1. The van der Waals surface area contributed by atoms with Gasteiger partial charge < -0.3 is 0 Å². The molecule has 1 aromatic rings. The second kappa shape index (κ2) is 2.98. The third kappa shape index (κ3) is 1.33. The molecular weight excluding hydrogens is 150 g/mol. The van der Waals surface area contributed by atoms with E-state index in [-0.39, 0.29) is 0 Å². The van der Waals surface area contributed by atoms with Crippen LogP contribution in [0.3, 0.4) is 0 Å². The summed E-state index contributed by atoms with van der Waals surface area (Å²) in [5.74, 6) is 0.709. The Morgan fingerprint density at radius 1 is 1.67 bits per heavy atom. The molecule has 3 heteroatoms. The van der Waals surface area contributed by atoms with Gasteiger partial charge in [-0.3, -0.25) is 5.10 Å². The van der Waals surface area contributed by atoms with E-state index in [0.29, 0.717) is 12.3 Å². The van der Waals surface area contributed by atoms with Crippen molar-refractivity contribution >= 4 is 0 Å². The SMILES string of the molecule is N#CCCc1cn[nH]c1C1CC1. The Hall–Kier alpha value is -1.30. The second-order valence-electron chi connectivity index (χ2n) is 3.24. The lowest BCUT2D eigenvalue weighted by Gasteiger charge is -1.96. The van der Waals surface area contributed by atoms with Crippen molar-refractivity contribution in [3.63, 3.8) is 0 Å². The Kier molecular flexibility index (Phi) is 1.83. The average Bonchev–Trinajstić information content (AvgIpc) is 2.83. The molecule has 0 aromatic carbocycles. The van der Waals surface area contributed by atoms with Crippen molar-refractivity contribution in [1.29, 1.82) is 5.26 Å². The molecule has 1 N–H and O–H groups in total. The molecule has 1 fully saturated rings. The Morgan fingerprint density at radius 3 is 3.17 bits per heavy atom. The Morgan fingerprint density at radius 2 is 2.50 bits per heavy atom. The summed E-state index contributed by atoms with van der Waals surface area (Å²) in [6.45, 7) is 0. The molecule has 2 rings (SSSR count). The lowest BCUT2D eigenvalue weighted by Crippen LogP contribution is -1.88. The van der Waals surface area contributed by atoms with E-state index >= 15 is 0 Å². The van der Waals surface area contributed by atoms with Crippen molar-refractivity contribution in [2.75, 3.05) is 0 Å². The maximum Gasteiger partial charge on any atom is 0.0625 e. The molecule has 0 saturated heterocycles. The number of nitrogens with zero attached hydrogens (tertiary/aromatic N) is 2. The van der Waals surface area contributed by atoms with Gasteiger partial charge in [0, 0.05) is 18.0 Å². The van der Waals surface area contributed by atoms with E-state index in [2.05, 4.69) is 16.3 Å². The van der Waals surface area contributed by atoms with Gasteiger partial charge >= 0.3 is 0 Å². The molecule has 0 spiro atoms. The summed E-state index contributed by atoms with van der Waals surface area (Å²) in [4.78, 5) is 0. The van der Waals surface area contributed by atoms with Gasteiger partial charge in [-0.15, -0.1) is 0 Å². The number of H-pyrrole nitrogens is 1. The molecule has 12 heavy (non-hydrogen) atoms. The van der Waals surface area contributed by atoms with Gasteiger partial charge in [-0.25, -0.2) is 0 Å². The predicted octanol–water partition coefficient (Wildman–Crippen LogP) is 1.74. The molecule has 0 amide bonds. The van der Waals surface area contributed by atoms with Gasteiger partial charge in [0.05, 0.1) is 12.3 Å². The van der Waals surface area contributed by atoms with E-state index in [1.807, 2.05) is 6.20 Å². The molecule has 0 unspecified atom stereocenters. The summed E-state index contributed by atoms with van der Waals surface area (Å²) in [6, 6.07) is 2.15. The molecule has 62 valence electrons. The first-order valence-corrected chi connectivity index (χ1v) is 4.31. The molecule has 1 aliphatic rings. The van der Waals surface area contributed by atoms with E-state index in [1.54, 1.807) is 0 Å². The van der Waals surface area contributed by atoms with Crippen LogP contribution in [0.4, 0.5) is 0 Å². The number of nitriles is 1. The van der Waals surface area contributed by atoms with E-state index in [0.717, 1.165) is 6.42 Å². The molecule has 1 saturated carbocycles. The van der Waals surface area contributed by atoms with Gasteiger partial charge in [0.15, 0.2) is 0 Å². The van der Waals surface area contributed by atoms with Crippen LogP contribution in [0, 0.1) is 11.3 Å². The van der Waals surface area contributed by atoms with Crippen LogP contribution in [0.5, 0.6) is 0 Å². The van der Waals surface area contributed by atoms with Crippen molar-refractivity contribution in [3.05, 3.63) is 17.5 Å². The lowest BCUT2D eigenvalue weighted by molar-refractivity contribution is 0.927. The molecule has 0 atom stereocenters. The molecule has 1 aliphatic carbocycles. The molecule has 0 bridgehead atoms. The molecule has 1 aromatic heterocycles. The van der Waals surface area contributed by atoms with E-state index < -0.39 is 0 Å². The zero-order valence-corrected chi connectivity index (χ0v) is 6.88. The summed E-state index contributed by atoms with van der Waals surface area (Å²) >= 11 is 0. The molecule has 0 aliphatic heterocycles. The highest BCUT2D eigenvalue weighted by molar-refractivity contribution is 5.24. The van der Waals surface area contributed by atoms with Crippen molar-refractivity contribution in [1.82, 2.24) is 10.2 Å². The zero-order chi connectivity index (χ0) is 8.39. The number of aromatic amines is 1. The number of aromatic nitrogens is 2. The molecule has 1 heterocycles. The van der Waals surface area contributed by atoms with Gasteiger partial charge in [-0.05, 0) is 24.8 Å². The zero-order valence-electron chi connectivity index (χ0n) is 6.88. The average molecular weight is 161 g/mol. The molecular formula is C9H11N3. The minimum Gasteiger partial charge on any atom is -0.282 e. The van der Waals surface area contributed by atoms with Crippen LogP contribution in [0.25, 0.3) is 0 Å². The van der Waals surface area contributed by atoms with Crippen LogP contribution in [-0.2, 0) is 6.42 Å². The number of rotatable bonds is 3. The topological polar surface area (TPSA) is 52.5 Å². The van der Waals surface area contributed by atoms with Crippen LogP contribution in [-0.4, -0.2) is 10.2 Å². The van der Waals surface area contributed by atoms with E-state index in [4.69, 9.17) is 5.26 Å². The first-order chi connectivity index (χ1) is 5.92. The maximum absolute atomic E-state index is 8.43. The third-order valence-corrected chi connectivity index (χ3v) is 2.24. The minimum atomic E-state index is 0.596. The first kappa shape index (κ1) is 7.35. The van der Waals surface area contributed by atoms with Crippen LogP contribution in [0.15, 0.2) is 6.20 Å². The van der Waals surface area contributed by atoms with Gasteiger partial charge in [0.25, 0.3) is 0 Å². The quantitative estimate of drug-likeness (QED) is 0.734. The monoisotopic (exact) mass is 161 g/mol. The second-order valence-corrected chi connectivity index (χ2v) is 3.24. The number of hydrogen-bond acceptors (Lipinski definition) is 2. The fourth-order valence-electron chi connectivity index (χ4n) is 1.44. The fraction of sp³-hybridized carbons (Fsp3) is 0.556. The Bertz CT molecular complexity index is 304. The smallest absolute Gasteiger partial charge is 0.0625 e. The molecule has 0 radical (unpaired) electrons. The summed E-state index contributed by atoms with van der Waals surface area (Å²) in [5.41, 5.74) is 2.50. The van der Waals surface area contributed by atoms with Gasteiger partial charge in [-0.1, -0.05) is 0 Å². The summed E-state index contributed by atoms with van der Waals surface area (Å²) in [6.07, 6.45) is 5.85. The predicted molar refractivity (Wildman–Crippen MR) is 44.5 cm³/mol. The van der Waals surface area contributed by atoms with Crippen molar-refractivity contribution in [2.45, 2.75) is 31.6 Å². The summed E-state index contributed by atoms with van der Waals surface area (Å²) < 4.78 is 0. The first-order valence-electron chi connectivity index (χ1n) is 4.31. The maximum atomic E-state index is 8.43. The van der Waals surface area contributed by atoms with Gasteiger partial charge in [0.2, 0.25) is 0 Å². The van der Waals surface area contributed by atoms with Crippen LogP contribution in [0.1, 0.15) is 36.4 Å². The van der Waals surface area contributed by atoms with Crippen molar-refractivity contribution in [3.8, 4) is 6.07 Å². The van der Waals surface area contributed by atoms with Crippen LogP contribution in [0.2, 0.25) is 0 Å². The fourth-order valence-corrected chi connectivity index (χ4v) is 1.44. The van der Waals surface area contributed by atoms with Crippen molar-refractivity contribution in [2.24, 2.45) is 0 Å². The highest BCUT2D eigenvalue weighted by Crippen LogP contribution is 2.40. The molecule has 3 nitrogen and oxygen atoms in total. The number of hydrogen-bond donors (Lipinski definition) is 1. The Balaban J connectivity index is 2.09. The van der Waals surface area contributed by atoms with Crippen molar-refractivity contribution < 1.29 is 0 Å². The van der Waals surface area contributed by atoms with E-state index in [1.165, 1.54) is 24.1 Å². The van der Waals surface area contributed by atoms with Gasteiger partial charge in [-0.2, -0.15) is 10.4 Å². The highest BCUT2D eigenvalue weighted by Gasteiger charge is 2.27. The van der Waals surface area contributed by atoms with E-state index in [9.17, 15) is 0 Å². The standard InChI is InChI=1S/C9H11N3/c10-5-1-2-8-6-11-12-9(8)7-3-4-7/h6-7H,1-4H2,(H,11,12). The van der Waals surface area contributed by atoms with Crippen LogP contribution < -0.4 is 0 Å².